The molecule has 2 aromatic rings. The van der Waals surface area contributed by atoms with Crippen molar-refractivity contribution in [1.82, 2.24) is 10.2 Å². The zero-order valence-corrected chi connectivity index (χ0v) is 24.4. The average Bonchev–Trinajstić information content (AvgIpc) is 2.87. The van der Waals surface area contributed by atoms with Gasteiger partial charge in [0, 0.05) is 30.6 Å². The van der Waals surface area contributed by atoms with E-state index < -0.39 is 16.1 Å². The van der Waals surface area contributed by atoms with Crippen LogP contribution in [0.1, 0.15) is 68.6 Å². The molecular formula is C29H40ClN3O4S. The Labute approximate surface area is 232 Å². The molecule has 0 radical (unpaired) electrons. The molecule has 1 atom stereocenters. The zero-order chi connectivity index (χ0) is 27.9. The summed E-state index contributed by atoms with van der Waals surface area (Å²) in [5, 5.41) is 3.62. The second kappa shape index (κ2) is 13.5. The molecule has 2 amide bonds. The van der Waals surface area contributed by atoms with Gasteiger partial charge in [0.2, 0.25) is 21.8 Å². The van der Waals surface area contributed by atoms with Crippen LogP contribution in [0.2, 0.25) is 5.02 Å². The number of amides is 2. The quantitative estimate of drug-likeness (QED) is 0.399. The van der Waals surface area contributed by atoms with Gasteiger partial charge in [-0.1, -0.05) is 66.8 Å². The molecular weight excluding hydrogens is 522 g/mol. The lowest BCUT2D eigenvalue weighted by Gasteiger charge is -2.31. The van der Waals surface area contributed by atoms with Crippen LogP contribution in [0.3, 0.4) is 0 Å². The highest BCUT2D eigenvalue weighted by Gasteiger charge is 2.28. The number of benzene rings is 2. The monoisotopic (exact) mass is 561 g/mol. The lowest BCUT2D eigenvalue weighted by molar-refractivity contribution is -0.141. The van der Waals surface area contributed by atoms with E-state index in [2.05, 4.69) is 5.32 Å². The van der Waals surface area contributed by atoms with Crippen molar-refractivity contribution in [1.29, 1.82) is 0 Å². The third kappa shape index (κ3) is 8.21. The maximum absolute atomic E-state index is 13.5. The summed E-state index contributed by atoms with van der Waals surface area (Å²) in [4.78, 5) is 28.3. The number of nitrogens with one attached hydrogen (secondary N) is 1. The van der Waals surface area contributed by atoms with Crippen LogP contribution < -0.4 is 9.62 Å². The smallest absolute Gasteiger partial charge is 0.242 e. The van der Waals surface area contributed by atoms with E-state index in [-0.39, 0.29) is 30.8 Å². The standard InChI is InChI=1S/C29H40ClN3O4S/c1-21-15-17-24(18-16-21)20-32(23(3)29(35)31-25-10-6-5-7-11-25)28(34)14-9-19-33(38(4,36)37)27-13-8-12-26(30)22(27)2/h8,12-13,15-18,23,25H,5-7,9-11,14,19-20H2,1-4H3,(H,31,35). The Morgan fingerprint density at radius 3 is 2.34 bits per heavy atom. The SMILES string of the molecule is Cc1ccc(CN(C(=O)CCCN(c2cccc(Cl)c2C)S(C)(=O)=O)C(C)C(=O)NC2CCCCC2)cc1. The molecule has 0 aliphatic heterocycles. The Morgan fingerprint density at radius 2 is 1.71 bits per heavy atom. The van der Waals surface area contributed by atoms with Gasteiger partial charge in [-0.3, -0.25) is 13.9 Å². The fraction of sp³-hybridized carbons (Fsp3) is 0.517. The van der Waals surface area contributed by atoms with Crippen LogP contribution in [0.15, 0.2) is 42.5 Å². The largest absolute Gasteiger partial charge is 0.352 e. The molecule has 1 N–H and O–H groups in total. The van der Waals surface area contributed by atoms with Crippen molar-refractivity contribution in [3.8, 4) is 0 Å². The summed E-state index contributed by atoms with van der Waals surface area (Å²) >= 11 is 6.23. The molecule has 1 aliphatic rings. The topological polar surface area (TPSA) is 86.8 Å². The van der Waals surface area contributed by atoms with Gasteiger partial charge in [0.1, 0.15) is 6.04 Å². The van der Waals surface area contributed by atoms with Crippen LogP contribution in [-0.4, -0.2) is 50.0 Å². The van der Waals surface area contributed by atoms with Crippen molar-refractivity contribution >= 4 is 39.1 Å². The molecule has 0 aromatic heterocycles. The summed E-state index contributed by atoms with van der Waals surface area (Å²) < 4.78 is 26.5. The van der Waals surface area contributed by atoms with E-state index in [4.69, 9.17) is 11.6 Å². The molecule has 3 rings (SSSR count). The Morgan fingerprint density at radius 1 is 1.05 bits per heavy atom. The van der Waals surface area contributed by atoms with Crippen molar-refractivity contribution in [3.05, 3.63) is 64.2 Å². The molecule has 208 valence electrons. The van der Waals surface area contributed by atoms with Gasteiger partial charge in [-0.05, 0) is 63.3 Å². The number of halogens is 1. The first-order chi connectivity index (χ1) is 18.0. The Balaban J connectivity index is 1.73. The van der Waals surface area contributed by atoms with Crippen molar-refractivity contribution in [3.63, 3.8) is 0 Å². The van der Waals surface area contributed by atoms with Crippen molar-refractivity contribution in [2.75, 3.05) is 17.1 Å². The van der Waals surface area contributed by atoms with Crippen LogP contribution in [0.5, 0.6) is 0 Å². The van der Waals surface area contributed by atoms with Gasteiger partial charge in [0.15, 0.2) is 0 Å². The third-order valence-electron chi connectivity index (χ3n) is 7.25. The average molecular weight is 562 g/mol. The Hall–Kier alpha value is -2.58. The van der Waals surface area contributed by atoms with E-state index in [1.165, 1.54) is 10.7 Å². The van der Waals surface area contributed by atoms with E-state index in [0.717, 1.165) is 43.1 Å². The van der Waals surface area contributed by atoms with E-state index in [0.29, 0.717) is 29.2 Å². The van der Waals surface area contributed by atoms with E-state index in [1.807, 2.05) is 31.2 Å². The fourth-order valence-corrected chi connectivity index (χ4v) is 6.08. The van der Waals surface area contributed by atoms with Crippen LogP contribution in [0.25, 0.3) is 0 Å². The van der Waals surface area contributed by atoms with Crippen LogP contribution in [-0.2, 0) is 26.2 Å². The zero-order valence-electron chi connectivity index (χ0n) is 22.9. The minimum absolute atomic E-state index is 0.110. The summed E-state index contributed by atoms with van der Waals surface area (Å²) in [5.41, 5.74) is 3.23. The van der Waals surface area contributed by atoms with Crippen LogP contribution in [0.4, 0.5) is 5.69 Å². The van der Waals surface area contributed by atoms with Gasteiger partial charge in [-0.25, -0.2) is 8.42 Å². The van der Waals surface area contributed by atoms with E-state index in [1.54, 1.807) is 36.9 Å². The number of hydrogen-bond donors (Lipinski definition) is 1. The second-order valence-electron chi connectivity index (χ2n) is 10.3. The lowest BCUT2D eigenvalue weighted by Crippen LogP contribution is -2.50. The third-order valence-corrected chi connectivity index (χ3v) is 8.84. The highest BCUT2D eigenvalue weighted by molar-refractivity contribution is 7.92. The maximum Gasteiger partial charge on any atom is 0.242 e. The minimum Gasteiger partial charge on any atom is -0.352 e. The van der Waals surface area contributed by atoms with Crippen LogP contribution >= 0.6 is 11.6 Å². The second-order valence-corrected chi connectivity index (χ2v) is 12.7. The number of carbonyl (C=O) groups excluding carboxylic acids is 2. The first kappa shape index (κ1) is 30.0. The van der Waals surface area contributed by atoms with E-state index in [9.17, 15) is 18.0 Å². The predicted octanol–water partition coefficient (Wildman–Crippen LogP) is 5.37. The first-order valence-corrected chi connectivity index (χ1v) is 15.6. The number of sulfonamides is 1. The molecule has 9 heteroatoms. The minimum atomic E-state index is -3.59. The van der Waals surface area contributed by atoms with Crippen molar-refractivity contribution < 1.29 is 18.0 Å². The Kier molecular flexibility index (Phi) is 10.6. The van der Waals surface area contributed by atoms with Gasteiger partial charge < -0.3 is 10.2 Å². The fourth-order valence-electron chi connectivity index (χ4n) is 4.89. The number of carbonyl (C=O) groups is 2. The molecule has 1 fully saturated rings. The summed E-state index contributed by atoms with van der Waals surface area (Å²) in [5.74, 6) is -0.335. The molecule has 7 nitrogen and oxygen atoms in total. The van der Waals surface area contributed by atoms with Gasteiger partial charge in [0.05, 0.1) is 11.9 Å². The summed E-state index contributed by atoms with van der Waals surface area (Å²) in [6.45, 7) is 5.98. The molecule has 0 spiro atoms. The van der Waals surface area contributed by atoms with Gasteiger partial charge >= 0.3 is 0 Å². The van der Waals surface area contributed by atoms with Gasteiger partial charge in [0.25, 0.3) is 0 Å². The maximum atomic E-state index is 13.5. The van der Waals surface area contributed by atoms with Gasteiger partial charge in [-0.15, -0.1) is 0 Å². The molecule has 0 heterocycles. The number of hydrogen-bond acceptors (Lipinski definition) is 4. The Bertz CT molecular complexity index is 1210. The predicted molar refractivity (Wildman–Crippen MR) is 154 cm³/mol. The van der Waals surface area contributed by atoms with Crippen molar-refractivity contribution in [2.24, 2.45) is 0 Å². The summed E-state index contributed by atoms with van der Waals surface area (Å²) in [6, 6.07) is 12.6. The molecule has 0 bridgehead atoms. The highest BCUT2D eigenvalue weighted by Crippen LogP contribution is 2.28. The molecule has 1 aliphatic carbocycles. The summed E-state index contributed by atoms with van der Waals surface area (Å²) in [7, 11) is -3.59. The highest BCUT2D eigenvalue weighted by atomic mass is 35.5. The van der Waals surface area contributed by atoms with Crippen molar-refractivity contribution in [2.45, 2.75) is 84.3 Å². The molecule has 1 unspecified atom stereocenters. The summed E-state index contributed by atoms with van der Waals surface area (Å²) in [6.07, 6.45) is 6.90. The molecule has 1 saturated carbocycles. The normalized spacial score (nSPS) is 15.1. The first-order valence-electron chi connectivity index (χ1n) is 13.4. The van der Waals surface area contributed by atoms with Gasteiger partial charge in [-0.2, -0.15) is 0 Å². The number of aryl methyl sites for hydroxylation is 1. The van der Waals surface area contributed by atoms with Crippen LogP contribution in [0, 0.1) is 13.8 Å². The molecule has 38 heavy (non-hydrogen) atoms. The number of anilines is 1. The molecule has 0 saturated heterocycles. The number of nitrogens with zero attached hydrogens (tertiary/aromatic N) is 2. The number of rotatable bonds is 11. The molecule has 2 aromatic carbocycles. The lowest BCUT2D eigenvalue weighted by atomic mass is 9.95. The van der Waals surface area contributed by atoms with E-state index >= 15 is 0 Å².